The lowest BCUT2D eigenvalue weighted by atomic mass is 10.0. The minimum absolute atomic E-state index is 0.0167. The highest BCUT2D eigenvalue weighted by Crippen LogP contribution is 2.21. The van der Waals surface area contributed by atoms with Crippen LogP contribution in [0.3, 0.4) is 0 Å². The molecule has 1 amide bonds. The van der Waals surface area contributed by atoms with Gasteiger partial charge in [-0.25, -0.2) is 0 Å². The van der Waals surface area contributed by atoms with Gasteiger partial charge in [0.1, 0.15) is 0 Å². The third-order valence-electron chi connectivity index (χ3n) is 20.2. The summed E-state index contributed by atoms with van der Waals surface area (Å²) in [4.78, 5) is 24.7. The number of esters is 1. The number of amides is 1. The Morgan fingerprint density at radius 3 is 0.828 bits per heavy atom. The van der Waals surface area contributed by atoms with Crippen LogP contribution in [0.4, 0.5) is 0 Å². The normalized spacial score (nSPS) is 12.6. The Labute approximate surface area is 583 Å². The van der Waals surface area contributed by atoms with Gasteiger partial charge in [0.05, 0.1) is 25.4 Å². The maximum atomic E-state index is 12.6. The zero-order valence-electron chi connectivity index (χ0n) is 63.3. The number of nitrogens with one attached hydrogen (secondary N) is 1. The van der Waals surface area contributed by atoms with E-state index in [2.05, 4.69) is 43.5 Å². The van der Waals surface area contributed by atoms with E-state index in [4.69, 9.17) is 4.74 Å². The Kier molecular flexibility index (Phi) is 80.8. The van der Waals surface area contributed by atoms with Crippen molar-refractivity contribution >= 4 is 11.9 Å². The SMILES string of the molecule is CCCCCC/C=C\C/C=C\CCCCCCCCCC(=O)OCCCCCCCCCCCCCCCCCCCCCCCCCCCCCCCCCCCCCCCC(=O)NC(CO)C(O)/C=C/CCCCCCCCCCCCCCCCCCCCC. The summed E-state index contributed by atoms with van der Waals surface area (Å²) in [6.45, 7) is 4.94. The molecule has 2 unspecified atom stereocenters. The number of carbonyl (C=O) groups is 2. The Bertz CT molecular complexity index is 1510. The van der Waals surface area contributed by atoms with E-state index in [1.807, 2.05) is 6.08 Å². The summed E-state index contributed by atoms with van der Waals surface area (Å²) in [5.41, 5.74) is 0. The van der Waals surface area contributed by atoms with Crippen molar-refractivity contribution in [2.24, 2.45) is 0 Å². The average molecular weight is 1310 g/mol. The average Bonchev–Trinajstić information content (AvgIpc) is 3.78. The van der Waals surface area contributed by atoms with E-state index in [0.717, 1.165) is 51.4 Å². The topological polar surface area (TPSA) is 95.9 Å². The molecule has 0 radical (unpaired) electrons. The van der Waals surface area contributed by atoms with Gasteiger partial charge in [-0.3, -0.25) is 9.59 Å². The van der Waals surface area contributed by atoms with Gasteiger partial charge in [-0.2, -0.15) is 0 Å². The summed E-state index contributed by atoms with van der Waals surface area (Å²) >= 11 is 0. The Morgan fingerprint density at radius 1 is 0.301 bits per heavy atom. The zero-order valence-corrected chi connectivity index (χ0v) is 63.3. The molecule has 93 heavy (non-hydrogen) atoms. The van der Waals surface area contributed by atoms with Crippen LogP contribution in [0.15, 0.2) is 36.5 Å². The van der Waals surface area contributed by atoms with Crippen molar-refractivity contribution in [3.05, 3.63) is 36.5 Å². The Morgan fingerprint density at radius 2 is 0.538 bits per heavy atom. The van der Waals surface area contributed by atoms with Crippen LogP contribution >= 0.6 is 0 Å². The molecular formula is C87H167NO5. The van der Waals surface area contributed by atoms with Gasteiger partial charge < -0.3 is 20.3 Å². The molecule has 0 spiro atoms. The van der Waals surface area contributed by atoms with Crippen molar-refractivity contribution in [1.29, 1.82) is 0 Å². The lowest BCUT2D eigenvalue weighted by Gasteiger charge is -2.20. The minimum Gasteiger partial charge on any atom is -0.466 e. The molecule has 0 aromatic rings. The Balaban J connectivity index is 3.32. The van der Waals surface area contributed by atoms with Gasteiger partial charge in [-0.15, -0.1) is 0 Å². The third kappa shape index (κ3) is 79.0. The quantitative estimate of drug-likeness (QED) is 0.0320. The number of allylic oxidation sites excluding steroid dienone is 5. The van der Waals surface area contributed by atoms with Crippen LogP contribution in [0.25, 0.3) is 0 Å². The fourth-order valence-corrected chi connectivity index (χ4v) is 13.7. The molecule has 0 saturated carbocycles. The predicted molar refractivity (Wildman–Crippen MR) is 412 cm³/mol. The number of rotatable bonds is 81. The highest BCUT2D eigenvalue weighted by Gasteiger charge is 2.18. The van der Waals surface area contributed by atoms with E-state index < -0.39 is 12.1 Å². The fraction of sp³-hybridized carbons (Fsp3) is 0.908. The van der Waals surface area contributed by atoms with Crippen LogP contribution in [-0.2, 0) is 14.3 Å². The first-order valence-electron chi connectivity index (χ1n) is 42.8. The van der Waals surface area contributed by atoms with Crippen molar-refractivity contribution in [2.45, 2.75) is 495 Å². The van der Waals surface area contributed by atoms with Crippen LogP contribution in [0.5, 0.6) is 0 Å². The first-order valence-corrected chi connectivity index (χ1v) is 42.8. The van der Waals surface area contributed by atoms with Crippen molar-refractivity contribution in [3.8, 4) is 0 Å². The Hall–Kier alpha value is -1.92. The second-order valence-electron chi connectivity index (χ2n) is 29.5. The van der Waals surface area contributed by atoms with Crippen LogP contribution in [-0.4, -0.2) is 47.4 Å². The maximum Gasteiger partial charge on any atom is 0.305 e. The molecule has 2 atom stereocenters. The molecule has 3 N–H and O–H groups in total. The van der Waals surface area contributed by atoms with Crippen LogP contribution in [0.2, 0.25) is 0 Å². The summed E-state index contributed by atoms with van der Waals surface area (Å²) < 4.78 is 5.51. The smallest absolute Gasteiger partial charge is 0.305 e. The number of ether oxygens (including phenoxy) is 1. The molecular weight excluding hydrogens is 1140 g/mol. The van der Waals surface area contributed by atoms with E-state index in [0.29, 0.717) is 19.4 Å². The zero-order chi connectivity index (χ0) is 67.0. The molecule has 0 heterocycles. The molecule has 550 valence electrons. The summed E-state index contributed by atoms with van der Waals surface area (Å²) in [7, 11) is 0. The summed E-state index contributed by atoms with van der Waals surface area (Å²) in [5.74, 6) is -0.0406. The van der Waals surface area contributed by atoms with E-state index in [-0.39, 0.29) is 18.5 Å². The first kappa shape index (κ1) is 91.1. The molecule has 0 aliphatic heterocycles. The van der Waals surface area contributed by atoms with E-state index in [9.17, 15) is 19.8 Å². The molecule has 6 heteroatoms. The molecule has 0 rings (SSSR count). The fourth-order valence-electron chi connectivity index (χ4n) is 13.7. The van der Waals surface area contributed by atoms with Gasteiger partial charge in [-0.05, 0) is 64.2 Å². The van der Waals surface area contributed by atoms with Crippen LogP contribution in [0, 0.1) is 0 Å². The van der Waals surface area contributed by atoms with Crippen molar-refractivity contribution in [1.82, 2.24) is 5.32 Å². The molecule has 0 aromatic carbocycles. The van der Waals surface area contributed by atoms with Crippen molar-refractivity contribution in [3.63, 3.8) is 0 Å². The molecule has 0 aliphatic carbocycles. The number of aliphatic hydroxyl groups is 2. The summed E-state index contributed by atoms with van der Waals surface area (Å²) in [6.07, 6.45) is 109. The molecule has 0 aliphatic rings. The number of carbonyl (C=O) groups excluding carboxylic acids is 2. The number of hydrogen-bond donors (Lipinski definition) is 3. The second-order valence-corrected chi connectivity index (χ2v) is 29.5. The number of unbranched alkanes of at least 4 members (excludes halogenated alkanes) is 66. The molecule has 0 saturated heterocycles. The summed E-state index contributed by atoms with van der Waals surface area (Å²) in [5, 5.41) is 23.3. The minimum atomic E-state index is -0.842. The molecule has 0 aromatic heterocycles. The lowest BCUT2D eigenvalue weighted by Crippen LogP contribution is -2.45. The number of aliphatic hydroxyl groups excluding tert-OH is 2. The first-order chi connectivity index (χ1) is 46.0. The number of hydrogen-bond acceptors (Lipinski definition) is 5. The standard InChI is InChI=1S/C87H167NO5/c1-3-5-7-9-11-13-15-17-19-21-23-41-44-47-51-55-59-63-67-71-75-79-85(90)84(83-89)88-86(91)80-76-72-68-64-60-56-52-48-45-42-39-37-35-33-31-29-27-25-24-26-28-30-32-34-36-38-40-43-46-50-54-58-62-66-70-74-78-82-93-87(92)81-77-73-69-65-61-57-53-49-22-20-18-16-14-12-10-8-6-4-2/h14,16,20,22,75,79,84-85,89-90H,3-13,15,17-19,21,23-74,76-78,80-83H2,1-2H3,(H,88,91)/b16-14-,22-20-,79-75+. The van der Waals surface area contributed by atoms with Crippen molar-refractivity contribution < 1.29 is 24.5 Å². The maximum absolute atomic E-state index is 12.6. The third-order valence-corrected chi connectivity index (χ3v) is 20.2. The van der Waals surface area contributed by atoms with Crippen LogP contribution in [0.1, 0.15) is 483 Å². The van der Waals surface area contributed by atoms with Gasteiger partial charge in [0, 0.05) is 12.8 Å². The van der Waals surface area contributed by atoms with E-state index in [1.165, 1.54) is 405 Å². The molecule has 0 fully saturated rings. The predicted octanol–water partition coefficient (Wildman–Crippen LogP) is 28.6. The van der Waals surface area contributed by atoms with Gasteiger partial charge in [0.2, 0.25) is 5.91 Å². The van der Waals surface area contributed by atoms with Gasteiger partial charge >= 0.3 is 5.97 Å². The van der Waals surface area contributed by atoms with Crippen molar-refractivity contribution in [2.75, 3.05) is 13.2 Å². The monoisotopic (exact) mass is 1310 g/mol. The molecule has 0 bridgehead atoms. The van der Waals surface area contributed by atoms with Gasteiger partial charge in [-0.1, -0.05) is 442 Å². The van der Waals surface area contributed by atoms with E-state index in [1.54, 1.807) is 6.08 Å². The summed E-state index contributed by atoms with van der Waals surface area (Å²) in [6, 6.07) is -0.625. The highest BCUT2D eigenvalue weighted by atomic mass is 16.5. The second kappa shape index (κ2) is 82.5. The van der Waals surface area contributed by atoms with E-state index >= 15 is 0 Å². The molecule has 6 nitrogen and oxygen atoms in total. The largest absolute Gasteiger partial charge is 0.466 e. The van der Waals surface area contributed by atoms with Gasteiger partial charge in [0.25, 0.3) is 0 Å². The van der Waals surface area contributed by atoms with Crippen LogP contribution < -0.4 is 5.32 Å². The highest BCUT2D eigenvalue weighted by molar-refractivity contribution is 5.76. The lowest BCUT2D eigenvalue weighted by molar-refractivity contribution is -0.143. The van der Waals surface area contributed by atoms with Gasteiger partial charge in [0.15, 0.2) is 0 Å².